The molecule has 0 bridgehead atoms. The van der Waals surface area contributed by atoms with E-state index in [1.54, 1.807) is 11.7 Å². The van der Waals surface area contributed by atoms with Gasteiger partial charge in [0.2, 0.25) is 0 Å². The molecule has 0 aromatic carbocycles. The van der Waals surface area contributed by atoms with Crippen LogP contribution in [0, 0.1) is 11.8 Å². The van der Waals surface area contributed by atoms with Gasteiger partial charge in [-0.25, -0.2) is 4.68 Å². The fraction of sp³-hybridized carbons (Fsp3) is 0.778. The molecular weight excluding hydrogens is 246 g/mol. The molecule has 2 rings (SSSR count). The van der Waals surface area contributed by atoms with E-state index in [0.29, 0.717) is 10.5 Å². The molecule has 1 aliphatic rings. The van der Waals surface area contributed by atoms with E-state index < -0.39 is 5.60 Å². The van der Waals surface area contributed by atoms with E-state index in [1.807, 2.05) is 0 Å². The summed E-state index contributed by atoms with van der Waals surface area (Å²) in [4.78, 5) is 0. The Morgan fingerprint density at radius 2 is 2.21 bits per heavy atom. The van der Waals surface area contributed by atoms with Gasteiger partial charge in [-0.05, 0) is 34.2 Å². The van der Waals surface area contributed by atoms with Crippen LogP contribution in [-0.2, 0) is 12.6 Å². The minimum Gasteiger partial charge on any atom is -0.383 e. The van der Waals surface area contributed by atoms with Gasteiger partial charge in [0.05, 0.1) is 0 Å². The van der Waals surface area contributed by atoms with Crippen molar-refractivity contribution in [1.82, 2.24) is 15.0 Å². The number of aliphatic hydroxyl groups is 1. The molecule has 3 unspecified atom stereocenters. The van der Waals surface area contributed by atoms with Gasteiger partial charge in [0.1, 0.15) is 11.3 Å². The Bertz CT molecular complexity index is 345. The lowest BCUT2D eigenvalue weighted by Gasteiger charge is -2.48. The average molecular weight is 260 g/mol. The van der Waals surface area contributed by atoms with Crippen molar-refractivity contribution in [3.63, 3.8) is 0 Å². The van der Waals surface area contributed by atoms with Crippen LogP contribution in [0.15, 0.2) is 4.60 Å². The first kappa shape index (κ1) is 10.1. The molecule has 1 aromatic heterocycles. The SMILES string of the molecule is CC1CC(O)(c2c(Br)nnn2C)C1C. The van der Waals surface area contributed by atoms with Gasteiger partial charge < -0.3 is 5.11 Å². The standard InChI is InChI=1S/C9H14BrN3O/c1-5-4-9(14,6(5)2)7-8(10)11-12-13(7)3/h5-6,14H,4H2,1-3H3. The summed E-state index contributed by atoms with van der Waals surface area (Å²) in [5.41, 5.74) is 0.0411. The zero-order valence-corrected chi connectivity index (χ0v) is 10.1. The molecule has 14 heavy (non-hydrogen) atoms. The molecule has 0 aliphatic heterocycles. The lowest BCUT2D eigenvalue weighted by atomic mass is 9.61. The highest BCUT2D eigenvalue weighted by Gasteiger charge is 2.52. The predicted octanol–water partition coefficient (Wildman–Crippen LogP) is 1.44. The van der Waals surface area contributed by atoms with Gasteiger partial charge in [-0.3, -0.25) is 0 Å². The lowest BCUT2D eigenvalue weighted by molar-refractivity contribution is -0.137. The van der Waals surface area contributed by atoms with Gasteiger partial charge in [-0.15, -0.1) is 5.10 Å². The molecule has 5 heteroatoms. The summed E-state index contributed by atoms with van der Waals surface area (Å²) in [6.07, 6.45) is 0.786. The Hall–Kier alpha value is -0.420. The molecular formula is C9H14BrN3O. The van der Waals surface area contributed by atoms with Crippen molar-refractivity contribution in [2.75, 3.05) is 0 Å². The number of hydrogen-bond acceptors (Lipinski definition) is 3. The summed E-state index contributed by atoms with van der Waals surface area (Å²) in [5.74, 6) is 0.817. The van der Waals surface area contributed by atoms with E-state index in [9.17, 15) is 5.11 Å². The Morgan fingerprint density at radius 3 is 2.57 bits per heavy atom. The van der Waals surface area contributed by atoms with Gasteiger partial charge in [-0.2, -0.15) is 0 Å². The van der Waals surface area contributed by atoms with Crippen molar-refractivity contribution in [2.24, 2.45) is 18.9 Å². The highest BCUT2D eigenvalue weighted by Crippen LogP contribution is 2.51. The third kappa shape index (κ3) is 1.15. The summed E-state index contributed by atoms with van der Waals surface area (Å²) < 4.78 is 2.30. The number of rotatable bonds is 1. The molecule has 1 aliphatic carbocycles. The third-order valence-corrected chi connectivity index (χ3v) is 3.97. The van der Waals surface area contributed by atoms with Crippen LogP contribution < -0.4 is 0 Å². The second-order valence-corrected chi connectivity index (χ2v) is 5.00. The zero-order valence-electron chi connectivity index (χ0n) is 8.53. The highest BCUT2D eigenvalue weighted by atomic mass is 79.9. The predicted molar refractivity (Wildman–Crippen MR) is 55.5 cm³/mol. The minimum absolute atomic E-state index is 0.260. The Labute approximate surface area is 91.4 Å². The number of aromatic nitrogens is 3. The first-order chi connectivity index (χ1) is 6.47. The van der Waals surface area contributed by atoms with Crippen molar-refractivity contribution in [1.29, 1.82) is 0 Å². The Kier molecular flexibility index (Phi) is 2.19. The van der Waals surface area contributed by atoms with E-state index in [2.05, 4.69) is 40.1 Å². The van der Waals surface area contributed by atoms with E-state index in [-0.39, 0.29) is 5.92 Å². The van der Waals surface area contributed by atoms with Gasteiger partial charge in [-0.1, -0.05) is 19.1 Å². The van der Waals surface area contributed by atoms with Crippen LogP contribution in [-0.4, -0.2) is 20.1 Å². The summed E-state index contributed by atoms with van der Waals surface area (Å²) >= 11 is 3.32. The molecule has 1 saturated carbocycles. The number of aryl methyl sites for hydroxylation is 1. The monoisotopic (exact) mass is 259 g/mol. The normalized spacial score (nSPS) is 36.9. The maximum atomic E-state index is 10.4. The number of halogens is 1. The zero-order chi connectivity index (χ0) is 10.5. The third-order valence-electron chi connectivity index (χ3n) is 3.44. The van der Waals surface area contributed by atoms with Crippen LogP contribution in [0.3, 0.4) is 0 Å². The highest BCUT2D eigenvalue weighted by molar-refractivity contribution is 9.10. The van der Waals surface area contributed by atoms with Gasteiger partial charge in [0.25, 0.3) is 0 Å². The number of nitrogens with zero attached hydrogens (tertiary/aromatic N) is 3. The van der Waals surface area contributed by atoms with Gasteiger partial charge in [0, 0.05) is 7.05 Å². The van der Waals surface area contributed by atoms with E-state index in [1.165, 1.54) is 0 Å². The molecule has 1 N–H and O–H groups in total. The fourth-order valence-corrected chi connectivity index (χ4v) is 2.94. The first-order valence-corrected chi connectivity index (χ1v) is 5.54. The Balaban J connectivity index is 2.41. The van der Waals surface area contributed by atoms with Crippen LogP contribution in [0.25, 0.3) is 0 Å². The second-order valence-electron chi connectivity index (χ2n) is 4.25. The largest absolute Gasteiger partial charge is 0.383 e. The van der Waals surface area contributed by atoms with Gasteiger partial charge in [0.15, 0.2) is 4.60 Å². The molecule has 1 fully saturated rings. The second kappa shape index (κ2) is 3.03. The molecule has 1 heterocycles. The topological polar surface area (TPSA) is 50.9 Å². The lowest BCUT2D eigenvalue weighted by Crippen LogP contribution is -2.50. The van der Waals surface area contributed by atoms with Crippen molar-refractivity contribution in [3.8, 4) is 0 Å². The average Bonchev–Trinajstić information content (AvgIpc) is 2.46. The summed E-state index contributed by atoms with van der Waals surface area (Å²) in [7, 11) is 1.81. The minimum atomic E-state index is -0.753. The van der Waals surface area contributed by atoms with E-state index >= 15 is 0 Å². The summed E-state index contributed by atoms with van der Waals surface area (Å²) in [6.45, 7) is 4.21. The Morgan fingerprint density at radius 1 is 1.57 bits per heavy atom. The van der Waals surface area contributed by atoms with Crippen LogP contribution in [0.5, 0.6) is 0 Å². The first-order valence-electron chi connectivity index (χ1n) is 4.75. The molecule has 0 amide bonds. The van der Waals surface area contributed by atoms with Crippen LogP contribution in [0.2, 0.25) is 0 Å². The summed E-state index contributed by atoms with van der Waals surface area (Å²) in [6, 6.07) is 0. The number of hydrogen-bond donors (Lipinski definition) is 1. The van der Waals surface area contributed by atoms with E-state index in [0.717, 1.165) is 12.1 Å². The fourth-order valence-electron chi connectivity index (χ4n) is 2.27. The van der Waals surface area contributed by atoms with Gasteiger partial charge >= 0.3 is 0 Å². The smallest absolute Gasteiger partial charge is 0.154 e. The quantitative estimate of drug-likeness (QED) is 0.831. The molecule has 0 saturated heterocycles. The van der Waals surface area contributed by atoms with Crippen molar-refractivity contribution >= 4 is 15.9 Å². The summed E-state index contributed by atoms with van der Waals surface area (Å²) in [5, 5.41) is 18.2. The van der Waals surface area contributed by atoms with Crippen molar-refractivity contribution in [2.45, 2.75) is 25.9 Å². The molecule has 0 spiro atoms. The van der Waals surface area contributed by atoms with Crippen LogP contribution >= 0.6 is 15.9 Å². The molecule has 3 atom stereocenters. The molecule has 0 radical (unpaired) electrons. The van der Waals surface area contributed by atoms with Crippen molar-refractivity contribution < 1.29 is 5.11 Å². The van der Waals surface area contributed by atoms with Crippen LogP contribution in [0.4, 0.5) is 0 Å². The molecule has 4 nitrogen and oxygen atoms in total. The van der Waals surface area contributed by atoms with Crippen molar-refractivity contribution in [3.05, 3.63) is 10.3 Å². The van der Waals surface area contributed by atoms with Crippen LogP contribution in [0.1, 0.15) is 26.0 Å². The maximum Gasteiger partial charge on any atom is 0.154 e. The molecule has 78 valence electrons. The maximum absolute atomic E-state index is 10.4. The van der Waals surface area contributed by atoms with E-state index in [4.69, 9.17) is 0 Å². The molecule has 1 aromatic rings.